The molecule has 0 bridgehead atoms. The van der Waals surface area contributed by atoms with Crippen LogP contribution >= 0.6 is 0 Å². The van der Waals surface area contributed by atoms with Crippen LogP contribution in [-0.2, 0) is 9.53 Å². The SMILES string of the molecule is CC1CC(C(=O)NC(C#N)C(C)C)CO1. The number of carbonyl (C=O) groups is 1. The second-order valence-electron chi connectivity index (χ2n) is 4.44. The van der Waals surface area contributed by atoms with Gasteiger partial charge in [-0.25, -0.2) is 0 Å². The highest BCUT2D eigenvalue weighted by Crippen LogP contribution is 2.19. The van der Waals surface area contributed by atoms with Crippen LogP contribution in [0.15, 0.2) is 0 Å². The number of nitriles is 1. The minimum atomic E-state index is -0.395. The van der Waals surface area contributed by atoms with E-state index in [1.807, 2.05) is 20.8 Å². The smallest absolute Gasteiger partial charge is 0.226 e. The van der Waals surface area contributed by atoms with Crippen LogP contribution < -0.4 is 5.32 Å². The number of amides is 1. The molecule has 0 saturated carbocycles. The van der Waals surface area contributed by atoms with Crippen molar-refractivity contribution in [2.24, 2.45) is 11.8 Å². The van der Waals surface area contributed by atoms with Gasteiger partial charge >= 0.3 is 0 Å². The predicted octanol–water partition coefficient (Wildman–Crippen LogP) is 1.08. The van der Waals surface area contributed by atoms with E-state index >= 15 is 0 Å². The molecule has 1 rings (SSSR count). The van der Waals surface area contributed by atoms with Crippen molar-refractivity contribution in [3.63, 3.8) is 0 Å². The zero-order valence-corrected chi connectivity index (χ0v) is 9.49. The lowest BCUT2D eigenvalue weighted by Crippen LogP contribution is -2.41. The highest BCUT2D eigenvalue weighted by molar-refractivity contribution is 5.79. The van der Waals surface area contributed by atoms with E-state index in [9.17, 15) is 4.79 Å². The zero-order valence-electron chi connectivity index (χ0n) is 9.49. The first kappa shape index (κ1) is 12.0. The van der Waals surface area contributed by atoms with Gasteiger partial charge in [0.2, 0.25) is 5.91 Å². The summed E-state index contributed by atoms with van der Waals surface area (Å²) < 4.78 is 5.32. The lowest BCUT2D eigenvalue weighted by molar-refractivity contribution is -0.125. The van der Waals surface area contributed by atoms with Crippen LogP contribution in [0.1, 0.15) is 27.2 Å². The van der Waals surface area contributed by atoms with Gasteiger partial charge in [0, 0.05) is 0 Å². The number of carbonyl (C=O) groups excluding carboxylic acids is 1. The summed E-state index contributed by atoms with van der Waals surface area (Å²) in [6.45, 7) is 6.27. The Balaban J connectivity index is 2.45. The average Bonchev–Trinajstić information content (AvgIpc) is 2.60. The highest BCUT2D eigenvalue weighted by atomic mass is 16.5. The van der Waals surface area contributed by atoms with Gasteiger partial charge in [-0.2, -0.15) is 5.26 Å². The summed E-state index contributed by atoms with van der Waals surface area (Å²) in [4.78, 5) is 11.7. The Labute approximate surface area is 90.6 Å². The molecule has 84 valence electrons. The molecule has 15 heavy (non-hydrogen) atoms. The third-order valence-electron chi connectivity index (χ3n) is 2.67. The fraction of sp³-hybridized carbons (Fsp3) is 0.818. The summed E-state index contributed by atoms with van der Waals surface area (Å²) in [7, 11) is 0. The van der Waals surface area contributed by atoms with Crippen LogP contribution in [0.25, 0.3) is 0 Å². The second kappa shape index (κ2) is 5.13. The molecule has 1 fully saturated rings. The van der Waals surface area contributed by atoms with Crippen LogP contribution in [0, 0.1) is 23.2 Å². The summed E-state index contributed by atoms with van der Waals surface area (Å²) in [5.74, 6) is -0.00658. The van der Waals surface area contributed by atoms with Crippen molar-refractivity contribution in [2.45, 2.75) is 39.3 Å². The lowest BCUT2D eigenvalue weighted by Gasteiger charge is -2.17. The monoisotopic (exact) mass is 210 g/mol. The van der Waals surface area contributed by atoms with E-state index in [0.29, 0.717) is 6.61 Å². The first-order chi connectivity index (χ1) is 7.04. The van der Waals surface area contributed by atoms with Crippen molar-refractivity contribution >= 4 is 5.91 Å². The van der Waals surface area contributed by atoms with Gasteiger partial charge in [0.15, 0.2) is 0 Å². The van der Waals surface area contributed by atoms with Gasteiger partial charge in [0.25, 0.3) is 0 Å². The third kappa shape index (κ3) is 3.21. The summed E-state index contributed by atoms with van der Waals surface area (Å²) in [5, 5.41) is 11.6. The average molecular weight is 210 g/mol. The maximum Gasteiger partial charge on any atom is 0.226 e. The molecular formula is C11H18N2O2. The number of hydrogen-bond donors (Lipinski definition) is 1. The molecule has 4 heteroatoms. The molecule has 3 unspecified atom stereocenters. The van der Waals surface area contributed by atoms with Gasteiger partial charge in [-0.1, -0.05) is 13.8 Å². The summed E-state index contributed by atoms with van der Waals surface area (Å²) >= 11 is 0. The molecule has 0 aromatic rings. The molecule has 0 aromatic heterocycles. The van der Waals surface area contributed by atoms with Crippen molar-refractivity contribution in [3.05, 3.63) is 0 Å². The maximum absolute atomic E-state index is 11.7. The van der Waals surface area contributed by atoms with Crippen LogP contribution in [0.4, 0.5) is 0 Å². The topological polar surface area (TPSA) is 62.1 Å². The standard InChI is InChI=1S/C11H18N2O2/c1-7(2)10(5-12)13-11(14)9-4-8(3)15-6-9/h7-10H,4,6H2,1-3H3,(H,13,14). The Hall–Kier alpha value is -1.08. The first-order valence-corrected chi connectivity index (χ1v) is 5.36. The number of nitrogens with one attached hydrogen (secondary N) is 1. The van der Waals surface area contributed by atoms with Crippen molar-refractivity contribution in [2.75, 3.05) is 6.61 Å². The molecule has 1 amide bonds. The van der Waals surface area contributed by atoms with Gasteiger partial charge in [-0.3, -0.25) is 4.79 Å². The largest absolute Gasteiger partial charge is 0.378 e. The Kier molecular flexibility index (Phi) is 4.10. The number of rotatable bonds is 3. The summed E-state index contributed by atoms with van der Waals surface area (Å²) in [6, 6.07) is 1.70. The minimum absolute atomic E-state index is 0.0559. The quantitative estimate of drug-likeness (QED) is 0.758. The first-order valence-electron chi connectivity index (χ1n) is 5.36. The lowest BCUT2D eigenvalue weighted by atomic mass is 10.0. The van der Waals surface area contributed by atoms with Gasteiger partial charge in [0.05, 0.1) is 24.7 Å². The van der Waals surface area contributed by atoms with Crippen molar-refractivity contribution in [1.82, 2.24) is 5.32 Å². The predicted molar refractivity (Wildman–Crippen MR) is 55.9 cm³/mol. The Morgan fingerprint density at radius 2 is 2.27 bits per heavy atom. The second-order valence-corrected chi connectivity index (χ2v) is 4.44. The van der Waals surface area contributed by atoms with E-state index in [1.165, 1.54) is 0 Å². The van der Waals surface area contributed by atoms with E-state index < -0.39 is 6.04 Å². The molecule has 1 N–H and O–H groups in total. The van der Waals surface area contributed by atoms with E-state index in [1.54, 1.807) is 0 Å². The Bertz CT molecular complexity index is 270. The summed E-state index contributed by atoms with van der Waals surface area (Å²) in [5.41, 5.74) is 0. The molecule has 3 atom stereocenters. The maximum atomic E-state index is 11.7. The normalized spacial score (nSPS) is 27.4. The fourth-order valence-electron chi connectivity index (χ4n) is 1.62. The van der Waals surface area contributed by atoms with Crippen LogP contribution in [0.2, 0.25) is 0 Å². The number of ether oxygens (including phenoxy) is 1. The van der Waals surface area contributed by atoms with Crippen molar-refractivity contribution in [1.29, 1.82) is 5.26 Å². The minimum Gasteiger partial charge on any atom is -0.378 e. The fourth-order valence-corrected chi connectivity index (χ4v) is 1.62. The number of nitrogens with zero attached hydrogens (tertiary/aromatic N) is 1. The molecule has 0 radical (unpaired) electrons. The van der Waals surface area contributed by atoms with Crippen LogP contribution in [0.5, 0.6) is 0 Å². The molecule has 1 aliphatic heterocycles. The molecule has 1 aliphatic rings. The van der Waals surface area contributed by atoms with Gasteiger partial charge in [-0.05, 0) is 19.3 Å². The molecule has 4 nitrogen and oxygen atoms in total. The number of hydrogen-bond acceptors (Lipinski definition) is 3. The molecular weight excluding hydrogens is 192 g/mol. The van der Waals surface area contributed by atoms with Crippen LogP contribution in [-0.4, -0.2) is 24.7 Å². The molecule has 1 saturated heterocycles. The third-order valence-corrected chi connectivity index (χ3v) is 2.67. The zero-order chi connectivity index (χ0) is 11.4. The van der Waals surface area contributed by atoms with Gasteiger partial charge in [-0.15, -0.1) is 0 Å². The van der Waals surface area contributed by atoms with E-state index in [0.717, 1.165) is 6.42 Å². The Morgan fingerprint density at radius 3 is 2.67 bits per heavy atom. The summed E-state index contributed by atoms with van der Waals surface area (Å²) in [6.07, 6.45) is 0.905. The van der Waals surface area contributed by atoms with E-state index in [-0.39, 0.29) is 23.8 Å². The van der Waals surface area contributed by atoms with Gasteiger partial charge in [0.1, 0.15) is 6.04 Å². The molecule has 0 aromatic carbocycles. The molecule has 1 heterocycles. The van der Waals surface area contributed by atoms with Crippen LogP contribution in [0.3, 0.4) is 0 Å². The van der Waals surface area contributed by atoms with Crippen molar-refractivity contribution in [3.8, 4) is 6.07 Å². The van der Waals surface area contributed by atoms with E-state index in [4.69, 9.17) is 10.00 Å². The molecule has 0 aliphatic carbocycles. The van der Waals surface area contributed by atoms with Gasteiger partial charge < -0.3 is 10.1 Å². The highest BCUT2D eigenvalue weighted by Gasteiger charge is 2.29. The Morgan fingerprint density at radius 1 is 1.60 bits per heavy atom. The molecule has 0 spiro atoms. The van der Waals surface area contributed by atoms with E-state index in [2.05, 4.69) is 11.4 Å². The van der Waals surface area contributed by atoms with Crippen molar-refractivity contribution < 1.29 is 9.53 Å².